The maximum Gasteiger partial charge on any atom is 0.416 e. The Morgan fingerprint density at radius 3 is 2.60 bits per heavy atom. The number of halogens is 3. The van der Waals surface area contributed by atoms with E-state index in [4.69, 9.17) is 4.74 Å². The van der Waals surface area contributed by atoms with E-state index >= 15 is 0 Å². The van der Waals surface area contributed by atoms with Crippen molar-refractivity contribution in [3.63, 3.8) is 0 Å². The lowest BCUT2D eigenvalue weighted by Gasteiger charge is -2.48. The standard InChI is InChI=1S/C31H36F3N3O3/c1-18-27-25(11-10-23-9-8-20(16-35-23)19-6-5-7-22(14-19)31(32,33)34)24-12-13-37(29(39)36-30(2,3)4)17-21(24)15-26(27)28(38)40-18/h5-11,14,16,18,21,24-27H,12-13,15,17H2,1-4H3,(H,36,39)/b11-10+. The number of cyclic esters (lactones) is 1. The number of nitrogens with one attached hydrogen (secondary N) is 1. The van der Waals surface area contributed by atoms with Gasteiger partial charge in [-0.1, -0.05) is 24.3 Å². The summed E-state index contributed by atoms with van der Waals surface area (Å²) in [6.07, 6.45) is 2.61. The van der Waals surface area contributed by atoms with Crippen molar-refractivity contribution in [2.24, 2.45) is 29.6 Å². The van der Waals surface area contributed by atoms with Crippen LogP contribution in [0.2, 0.25) is 0 Å². The summed E-state index contributed by atoms with van der Waals surface area (Å²) in [5, 5.41) is 3.05. The van der Waals surface area contributed by atoms with Crippen LogP contribution in [0, 0.1) is 29.6 Å². The minimum absolute atomic E-state index is 0.0596. The first-order valence-corrected chi connectivity index (χ1v) is 13.9. The van der Waals surface area contributed by atoms with Gasteiger partial charge in [-0.2, -0.15) is 13.2 Å². The molecule has 0 radical (unpaired) electrons. The Morgan fingerprint density at radius 2 is 1.93 bits per heavy atom. The van der Waals surface area contributed by atoms with Gasteiger partial charge in [-0.3, -0.25) is 9.78 Å². The van der Waals surface area contributed by atoms with E-state index in [1.807, 2.05) is 38.7 Å². The number of carbonyl (C=O) groups is 2. The number of piperidine rings is 1. The molecule has 1 aromatic heterocycles. The molecule has 1 saturated carbocycles. The maximum atomic E-state index is 13.1. The van der Waals surface area contributed by atoms with E-state index in [0.717, 1.165) is 18.6 Å². The molecule has 2 saturated heterocycles. The van der Waals surface area contributed by atoms with Crippen LogP contribution in [0.3, 0.4) is 0 Å². The number of carbonyl (C=O) groups excluding carboxylic acids is 2. The number of nitrogens with zero attached hydrogens (tertiary/aromatic N) is 2. The zero-order chi connectivity index (χ0) is 28.8. The number of ether oxygens (including phenoxy) is 1. The number of pyridine rings is 1. The first-order chi connectivity index (χ1) is 18.8. The lowest BCUT2D eigenvalue weighted by molar-refractivity contribution is -0.144. The Labute approximate surface area is 233 Å². The molecule has 2 aromatic rings. The van der Waals surface area contributed by atoms with Crippen LogP contribution in [-0.4, -0.2) is 46.6 Å². The highest BCUT2D eigenvalue weighted by Gasteiger charge is 2.54. The molecule has 0 bridgehead atoms. The van der Waals surface area contributed by atoms with Crippen LogP contribution in [0.1, 0.15) is 51.8 Å². The van der Waals surface area contributed by atoms with Crippen LogP contribution in [0.25, 0.3) is 17.2 Å². The van der Waals surface area contributed by atoms with Gasteiger partial charge in [-0.25, -0.2) is 4.79 Å². The number of hydrogen-bond acceptors (Lipinski definition) is 4. The van der Waals surface area contributed by atoms with Crippen LogP contribution in [0.5, 0.6) is 0 Å². The molecule has 0 spiro atoms. The van der Waals surface area contributed by atoms with Gasteiger partial charge in [0.1, 0.15) is 6.10 Å². The summed E-state index contributed by atoms with van der Waals surface area (Å²) in [4.78, 5) is 32.0. The molecule has 1 aliphatic carbocycles. The highest BCUT2D eigenvalue weighted by molar-refractivity contribution is 5.76. The number of likely N-dealkylation sites (tertiary alicyclic amines) is 1. The fourth-order valence-corrected chi connectivity index (χ4v) is 6.70. The van der Waals surface area contributed by atoms with Crippen molar-refractivity contribution in [1.82, 2.24) is 15.2 Å². The topological polar surface area (TPSA) is 71.5 Å². The van der Waals surface area contributed by atoms with Crippen molar-refractivity contribution in [2.75, 3.05) is 13.1 Å². The number of allylic oxidation sites excluding steroid dienone is 1. The fourth-order valence-electron chi connectivity index (χ4n) is 6.70. The zero-order valence-electron chi connectivity index (χ0n) is 23.2. The second-order valence-electron chi connectivity index (χ2n) is 12.4. The van der Waals surface area contributed by atoms with E-state index in [-0.39, 0.29) is 47.3 Å². The minimum atomic E-state index is -4.41. The van der Waals surface area contributed by atoms with Gasteiger partial charge in [-0.05, 0) is 88.1 Å². The van der Waals surface area contributed by atoms with Crippen molar-refractivity contribution in [3.8, 4) is 11.1 Å². The number of urea groups is 1. The Bertz CT molecular complexity index is 1290. The molecule has 9 heteroatoms. The summed E-state index contributed by atoms with van der Waals surface area (Å²) in [5.74, 6) is 0.274. The number of benzene rings is 1. The Hall–Kier alpha value is -3.36. The number of alkyl halides is 3. The average molecular weight is 556 g/mol. The van der Waals surface area contributed by atoms with Crippen molar-refractivity contribution in [1.29, 1.82) is 0 Å². The number of hydrogen-bond donors (Lipinski definition) is 1. The summed E-state index contributed by atoms with van der Waals surface area (Å²) in [5.41, 5.74) is 0.721. The summed E-state index contributed by atoms with van der Waals surface area (Å²) in [7, 11) is 0. The average Bonchev–Trinajstić information content (AvgIpc) is 3.17. The third-order valence-electron chi connectivity index (χ3n) is 8.47. The number of fused-ring (bicyclic) bond motifs is 2. The molecular weight excluding hydrogens is 519 g/mol. The van der Waals surface area contributed by atoms with Crippen molar-refractivity contribution >= 4 is 18.1 Å². The van der Waals surface area contributed by atoms with Gasteiger partial charge in [0.2, 0.25) is 0 Å². The second-order valence-corrected chi connectivity index (χ2v) is 12.4. The normalized spacial score (nSPS) is 28.7. The Morgan fingerprint density at radius 1 is 1.15 bits per heavy atom. The molecule has 2 amide bonds. The quantitative estimate of drug-likeness (QED) is 0.444. The molecular formula is C31H36F3N3O3. The molecule has 6 unspecified atom stereocenters. The van der Waals surface area contributed by atoms with Gasteiger partial charge >= 0.3 is 18.2 Å². The summed E-state index contributed by atoms with van der Waals surface area (Å²) in [6, 6.07) is 8.70. The van der Waals surface area contributed by atoms with Crippen molar-refractivity contribution in [2.45, 2.75) is 58.4 Å². The fraction of sp³-hybridized carbons (Fsp3) is 0.516. The number of esters is 1. The van der Waals surface area contributed by atoms with Crippen LogP contribution >= 0.6 is 0 Å². The molecule has 3 aliphatic rings. The van der Waals surface area contributed by atoms with Gasteiger partial charge in [0.25, 0.3) is 0 Å². The first-order valence-electron chi connectivity index (χ1n) is 13.9. The van der Waals surface area contributed by atoms with Gasteiger partial charge < -0.3 is 15.0 Å². The minimum Gasteiger partial charge on any atom is -0.462 e. The van der Waals surface area contributed by atoms with Gasteiger partial charge in [-0.15, -0.1) is 0 Å². The van der Waals surface area contributed by atoms with E-state index in [0.29, 0.717) is 42.2 Å². The zero-order valence-corrected chi connectivity index (χ0v) is 23.2. The second kappa shape index (κ2) is 10.6. The molecule has 40 heavy (non-hydrogen) atoms. The molecule has 6 atom stereocenters. The maximum absolute atomic E-state index is 13.1. The van der Waals surface area contributed by atoms with Crippen LogP contribution in [-0.2, 0) is 15.7 Å². The SMILES string of the molecule is CC1OC(=O)C2CC3CN(C(=O)NC(C)(C)C)CCC3C(/C=C/c3ccc(-c4cccc(C(F)(F)F)c4)cn3)C12. The van der Waals surface area contributed by atoms with Crippen LogP contribution in [0.15, 0.2) is 48.7 Å². The number of amides is 2. The molecule has 2 aliphatic heterocycles. The van der Waals surface area contributed by atoms with E-state index in [1.54, 1.807) is 24.4 Å². The molecule has 5 rings (SSSR count). The van der Waals surface area contributed by atoms with E-state index < -0.39 is 11.7 Å². The van der Waals surface area contributed by atoms with Crippen molar-refractivity contribution < 1.29 is 27.5 Å². The smallest absolute Gasteiger partial charge is 0.416 e. The largest absolute Gasteiger partial charge is 0.462 e. The molecule has 3 heterocycles. The highest BCUT2D eigenvalue weighted by Crippen LogP contribution is 2.51. The van der Waals surface area contributed by atoms with E-state index in [1.165, 1.54) is 6.07 Å². The monoisotopic (exact) mass is 555 g/mol. The Balaban J connectivity index is 1.35. The number of aromatic nitrogens is 1. The third kappa shape index (κ3) is 5.88. The van der Waals surface area contributed by atoms with Gasteiger partial charge in [0, 0.05) is 36.3 Å². The Kier molecular flexibility index (Phi) is 7.44. The lowest BCUT2D eigenvalue weighted by atomic mass is 9.59. The lowest BCUT2D eigenvalue weighted by Crippen LogP contribution is -2.55. The third-order valence-corrected chi connectivity index (χ3v) is 8.47. The summed E-state index contributed by atoms with van der Waals surface area (Å²) < 4.78 is 45.1. The van der Waals surface area contributed by atoms with E-state index in [9.17, 15) is 22.8 Å². The summed E-state index contributed by atoms with van der Waals surface area (Å²) in [6.45, 7) is 9.08. The van der Waals surface area contributed by atoms with Crippen LogP contribution in [0.4, 0.5) is 18.0 Å². The van der Waals surface area contributed by atoms with Gasteiger partial charge in [0.05, 0.1) is 17.2 Å². The first kappa shape index (κ1) is 28.2. The molecule has 1 aromatic carbocycles. The molecule has 214 valence electrons. The van der Waals surface area contributed by atoms with E-state index in [2.05, 4.69) is 16.4 Å². The highest BCUT2D eigenvalue weighted by atomic mass is 19.4. The molecule has 1 N–H and O–H groups in total. The summed E-state index contributed by atoms with van der Waals surface area (Å²) >= 11 is 0. The molecule has 3 fully saturated rings. The predicted molar refractivity (Wildman–Crippen MR) is 146 cm³/mol. The number of rotatable bonds is 3. The van der Waals surface area contributed by atoms with Crippen molar-refractivity contribution in [3.05, 3.63) is 59.9 Å². The predicted octanol–water partition coefficient (Wildman–Crippen LogP) is 6.42. The van der Waals surface area contributed by atoms with Crippen LogP contribution < -0.4 is 5.32 Å². The molecule has 6 nitrogen and oxygen atoms in total. The van der Waals surface area contributed by atoms with Gasteiger partial charge in [0.15, 0.2) is 0 Å².